The lowest BCUT2D eigenvalue weighted by atomic mass is 9.99. The average Bonchev–Trinajstić information content (AvgIpc) is 2.55. The van der Waals surface area contributed by atoms with Crippen molar-refractivity contribution in [2.24, 2.45) is 5.92 Å². The third-order valence-electron chi connectivity index (χ3n) is 4.20. The first-order valence-electron chi connectivity index (χ1n) is 8.24. The topological polar surface area (TPSA) is 67.8 Å². The molecule has 2 amide bonds. The van der Waals surface area contributed by atoms with Crippen molar-refractivity contribution in [2.45, 2.75) is 12.8 Å². The summed E-state index contributed by atoms with van der Waals surface area (Å²) in [7, 11) is 3.94. The molecule has 23 heavy (non-hydrogen) atoms. The average molecular weight is 320 g/mol. The van der Waals surface area contributed by atoms with Crippen LogP contribution in [0, 0.1) is 5.92 Å². The molecular weight excluding hydrogens is 292 g/mol. The van der Waals surface area contributed by atoms with Gasteiger partial charge in [0.2, 0.25) is 0 Å². The van der Waals surface area contributed by atoms with E-state index in [9.17, 15) is 9.90 Å². The van der Waals surface area contributed by atoms with Gasteiger partial charge in [0.15, 0.2) is 0 Å². The molecule has 1 atom stereocenters. The Labute approximate surface area is 138 Å². The first-order chi connectivity index (χ1) is 11.1. The van der Waals surface area contributed by atoms with E-state index in [0.29, 0.717) is 12.5 Å². The minimum atomic E-state index is -0.184. The lowest BCUT2D eigenvalue weighted by Crippen LogP contribution is -2.42. The Bertz CT molecular complexity index is 507. The molecule has 1 aliphatic rings. The van der Waals surface area contributed by atoms with Crippen molar-refractivity contribution in [3.05, 3.63) is 24.3 Å². The zero-order valence-electron chi connectivity index (χ0n) is 14.1. The van der Waals surface area contributed by atoms with Crippen LogP contribution in [0.15, 0.2) is 24.3 Å². The minimum absolute atomic E-state index is 0.184. The van der Waals surface area contributed by atoms with Crippen LogP contribution >= 0.6 is 0 Å². The van der Waals surface area contributed by atoms with Gasteiger partial charge in [-0.05, 0) is 43.5 Å². The van der Waals surface area contributed by atoms with E-state index in [1.807, 2.05) is 43.3 Å². The van der Waals surface area contributed by atoms with Crippen LogP contribution in [-0.2, 0) is 0 Å². The number of rotatable bonds is 6. The molecule has 1 aromatic carbocycles. The first kappa shape index (κ1) is 17.6. The Balaban J connectivity index is 1.72. The van der Waals surface area contributed by atoms with E-state index in [-0.39, 0.29) is 12.6 Å². The van der Waals surface area contributed by atoms with Crippen molar-refractivity contribution in [3.8, 4) is 0 Å². The summed E-state index contributed by atoms with van der Waals surface area (Å²) in [5.41, 5.74) is 1.83. The number of likely N-dealkylation sites (tertiary alicyclic amines) is 1. The summed E-state index contributed by atoms with van der Waals surface area (Å²) >= 11 is 0. The maximum absolute atomic E-state index is 12.0. The summed E-state index contributed by atoms with van der Waals surface area (Å²) < 4.78 is 0. The fraction of sp³-hybridized carbons (Fsp3) is 0.588. The molecule has 1 aromatic rings. The summed E-state index contributed by atoms with van der Waals surface area (Å²) in [4.78, 5) is 16.3. The monoisotopic (exact) mass is 320 g/mol. The molecule has 1 unspecified atom stereocenters. The van der Waals surface area contributed by atoms with Crippen LogP contribution in [0.4, 0.5) is 16.2 Å². The number of nitrogens with zero attached hydrogens (tertiary/aromatic N) is 2. The molecule has 1 saturated heterocycles. The Morgan fingerprint density at radius 3 is 3.00 bits per heavy atom. The van der Waals surface area contributed by atoms with Crippen molar-refractivity contribution >= 4 is 17.4 Å². The third-order valence-corrected chi connectivity index (χ3v) is 4.20. The zero-order chi connectivity index (χ0) is 16.7. The molecule has 1 fully saturated rings. The van der Waals surface area contributed by atoms with Crippen LogP contribution in [-0.4, -0.2) is 62.9 Å². The van der Waals surface area contributed by atoms with E-state index in [1.54, 1.807) is 0 Å². The fourth-order valence-corrected chi connectivity index (χ4v) is 2.87. The largest absolute Gasteiger partial charge is 0.396 e. The highest BCUT2D eigenvalue weighted by Crippen LogP contribution is 2.17. The van der Waals surface area contributed by atoms with Gasteiger partial charge in [-0.15, -0.1) is 0 Å². The second-order valence-corrected chi connectivity index (χ2v) is 6.32. The van der Waals surface area contributed by atoms with Crippen LogP contribution < -0.4 is 15.5 Å². The second kappa shape index (κ2) is 8.74. The number of anilines is 2. The van der Waals surface area contributed by atoms with E-state index in [0.717, 1.165) is 43.9 Å². The lowest BCUT2D eigenvalue weighted by molar-refractivity contribution is 0.121. The summed E-state index contributed by atoms with van der Waals surface area (Å²) in [6, 6.07) is 7.56. The third kappa shape index (κ3) is 5.73. The number of benzene rings is 1. The highest BCUT2D eigenvalue weighted by atomic mass is 16.3. The molecule has 0 spiro atoms. The van der Waals surface area contributed by atoms with Crippen LogP contribution in [0.2, 0.25) is 0 Å². The number of aliphatic hydroxyl groups excluding tert-OH is 1. The minimum Gasteiger partial charge on any atom is -0.396 e. The summed E-state index contributed by atoms with van der Waals surface area (Å²) in [6.45, 7) is 3.65. The molecule has 2 rings (SSSR count). The van der Waals surface area contributed by atoms with Gasteiger partial charge in [0, 0.05) is 51.7 Å². The van der Waals surface area contributed by atoms with Gasteiger partial charge in [-0.2, -0.15) is 0 Å². The van der Waals surface area contributed by atoms with Gasteiger partial charge in [-0.25, -0.2) is 4.79 Å². The molecule has 0 aromatic heterocycles. The Morgan fingerprint density at radius 2 is 2.26 bits per heavy atom. The zero-order valence-corrected chi connectivity index (χ0v) is 14.1. The number of piperidine rings is 1. The van der Waals surface area contributed by atoms with Crippen LogP contribution in [0.1, 0.15) is 12.8 Å². The predicted molar refractivity (Wildman–Crippen MR) is 94.0 cm³/mol. The van der Waals surface area contributed by atoms with Gasteiger partial charge in [0.25, 0.3) is 0 Å². The van der Waals surface area contributed by atoms with Crippen LogP contribution in [0.5, 0.6) is 0 Å². The van der Waals surface area contributed by atoms with Gasteiger partial charge >= 0.3 is 6.03 Å². The molecule has 0 radical (unpaired) electrons. The van der Waals surface area contributed by atoms with Crippen molar-refractivity contribution in [3.63, 3.8) is 0 Å². The highest BCUT2D eigenvalue weighted by Gasteiger charge is 2.18. The lowest BCUT2D eigenvalue weighted by Gasteiger charge is -2.31. The molecule has 128 valence electrons. The van der Waals surface area contributed by atoms with Crippen molar-refractivity contribution in [1.82, 2.24) is 10.2 Å². The van der Waals surface area contributed by atoms with Crippen molar-refractivity contribution in [2.75, 3.05) is 57.1 Å². The highest BCUT2D eigenvalue weighted by molar-refractivity contribution is 5.89. The molecule has 6 heteroatoms. The number of amides is 2. The number of hydrogen-bond donors (Lipinski definition) is 3. The number of carbonyl (C=O) groups is 1. The van der Waals surface area contributed by atoms with Crippen LogP contribution in [0.25, 0.3) is 0 Å². The standard InChI is InChI=1S/C17H28N4O2/c1-20(2)16-7-3-6-15(11-16)19-17(23)18-8-10-21-9-4-5-14(12-21)13-22/h3,6-7,11,14,22H,4-5,8-10,12-13H2,1-2H3,(H2,18,19,23). The number of carbonyl (C=O) groups excluding carboxylic acids is 1. The molecule has 1 aliphatic heterocycles. The maximum atomic E-state index is 12.0. The van der Waals surface area contributed by atoms with E-state index in [1.165, 1.54) is 0 Å². The quantitative estimate of drug-likeness (QED) is 0.744. The van der Waals surface area contributed by atoms with E-state index < -0.39 is 0 Å². The Morgan fingerprint density at radius 1 is 1.43 bits per heavy atom. The van der Waals surface area contributed by atoms with Gasteiger partial charge in [0.05, 0.1) is 0 Å². The molecule has 6 nitrogen and oxygen atoms in total. The molecule has 0 saturated carbocycles. The summed E-state index contributed by atoms with van der Waals surface area (Å²) in [5, 5.41) is 15.0. The second-order valence-electron chi connectivity index (χ2n) is 6.32. The smallest absolute Gasteiger partial charge is 0.319 e. The fourth-order valence-electron chi connectivity index (χ4n) is 2.87. The Hall–Kier alpha value is -1.79. The first-order valence-corrected chi connectivity index (χ1v) is 8.24. The van der Waals surface area contributed by atoms with Gasteiger partial charge < -0.3 is 25.5 Å². The van der Waals surface area contributed by atoms with Crippen molar-refractivity contribution in [1.29, 1.82) is 0 Å². The molecule has 0 aliphatic carbocycles. The van der Waals surface area contributed by atoms with Crippen LogP contribution in [0.3, 0.4) is 0 Å². The normalized spacial score (nSPS) is 18.5. The SMILES string of the molecule is CN(C)c1cccc(NC(=O)NCCN2CCCC(CO)C2)c1. The number of urea groups is 1. The Kier molecular flexibility index (Phi) is 6.67. The summed E-state index contributed by atoms with van der Waals surface area (Å²) in [5.74, 6) is 0.381. The van der Waals surface area contributed by atoms with E-state index >= 15 is 0 Å². The molecule has 1 heterocycles. The number of aliphatic hydroxyl groups is 1. The summed E-state index contributed by atoms with van der Waals surface area (Å²) in [6.07, 6.45) is 2.22. The number of nitrogens with one attached hydrogen (secondary N) is 2. The predicted octanol–water partition coefficient (Wildman–Crippen LogP) is 1.58. The van der Waals surface area contributed by atoms with Crippen molar-refractivity contribution < 1.29 is 9.90 Å². The van der Waals surface area contributed by atoms with Gasteiger partial charge in [0.1, 0.15) is 0 Å². The molecule has 0 bridgehead atoms. The maximum Gasteiger partial charge on any atom is 0.319 e. The molecular formula is C17H28N4O2. The van der Waals surface area contributed by atoms with Gasteiger partial charge in [-0.3, -0.25) is 0 Å². The van der Waals surface area contributed by atoms with E-state index in [4.69, 9.17) is 0 Å². The van der Waals surface area contributed by atoms with E-state index in [2.05, 4.69) is 15.5 Å². The number of hydrogen-bond acceptors (Lipinski definition) is 4. The van der Waals surface area contributed by atoms with Gasteiger partial charge in [-0.1, -0.05) is 6.07 Å². The molecule has 3 N–H and O–H groups in total.